The van der Waals surface area contributed by atoms with Crippen molar-refractivity contribution in [2.75, 3.05) is 4.90 Å². The molecule has 4 nitrogen and oxygen atoms in total. The Kier molecular flexibility index (Phi) is 4.51. The number of hydrogen-bond acceptors (Lipinski definition) is 3. The summed E-state index contributed by atoms with van der Waals surface area (Å²) in [4.78, 5) is 26.5. The molecule has 1 saturated carbocycles. The zero-order valence-electron chi connectivity index (χ0n) is 14.7. The zero-order chi connectivity index (χ0) is 18.4. The monoisotopic (exact) mass is 377 g/mol. The van der Waals surface area contributed by atoms with Crippen LogP contribution in [0.1, 0.15) is 51.9 Å². The maximum Gasteiger partial charge on any atom is 0.261 e. The first-order valence-electron chi connectivity index (χ1n) is 9.22. The minimum atomic E-state index is -0.691. The highest BCUT2D eigenvalue weighted by Gasteiger charge is 2.42. The molecule has 2 amide bonds. The maximum absolute atomic E-state index is 14.6. The van der Waals surface area contributed by atoms with E-state index in [-0.39, 0.29) is 16.8 Å². The Morgan fingerprint density at radius 2 is 1.81 bits per heavy atom. The number of amides is 2. The molecule has 4 rings (SSSR count). The fraction of sp³-hybridized carbons (Fsp3) is 0.500. The SMILES string of the molecule is CC1CCC2=C(C1)C(=O)N(c1cc(OC3CCCC3)c(Cl)cc1F)C2=O. The van der Waals surface area contributed by atoms with Gasteiger partial charge in [-0.25, -0.2) is 9.29 Å². The first kappa shape index (κ1) is 17.5. The van der Waals surface area contributed by atoms with E-state index in [1.807, 2.05) is 0 Å². The van der Waals surface area contributed by atoms with Crippen LogP contribution in [0, 0.1) is 11.7 Å². The van der Waals surface area contributed by atoms with Gasteiger partial charge in [0.15, 0.2) is 0 Å². The van der Waals surface area contributed by atoms with Crippen LogP contribution >= 0.6 is 11.6 Å². The first-order valence-corrected chi connectivity index (χ1v) is 9.60. The molecule has 1 aliphatic heterocycles. The number of anilines is 1. The number of nitrogens with zero attached hydrogens (tertiary/aromatic N) is 1. The van der Waals surface area contributed by atoms with Crippen molar-refractivity contribution in [1.29, 1.82) is 0 Å². The van der Waals surface area contributed by atoms with Gasteiger partial charge in [0.2, 0.25) is 0 Å². The van der Waals surface area contributed by atoms with Crippen molar-refractivity contribution in [3.63, 3.8) is 0 Å². The molecular formula is C20H21ClFNO3. The van der Waals surface area contributed by atoms with Gasteiger partial charge in [-0.3, -0.25) is 9.59 Å². The summed E-state index contributed by atoms with van der Waals surface area (Å²) in [7, 11) is 0. The Hall–Kier alpha value is -1.88. The van der Waals surface area contributed by atoms with Gasteiger partial charge < -0.3 is 4.74 Å². The van der Waals surface area contributed by atoms with Gasteiger partial charge in [0, 0.05) is 17.2 Å². The lowest BCUT2D eigenvalue weighted by Gasteiger charge is -2.20. The van der Waals surface area contributed by atoms with Gasteiger partial charge in [-0.15, -0.1) is 0 Å². The topological polar surface area (TPSA) is 46.6 Å². The van der Waals surface area contributed by atoms with E-state index in [1.165, 1.54) is 6.07 Å². The van der Waals surface area contributed by atoms with Gasteiger partial charge in [-0.1, -0.05) is 18.5 Å². The average Bonchev–Trinajstić information content (AvgIpc) is 3.18. The Morgan fingerprint density at radius 3 is 2.54 bits per heavy atom. The fourth-order valence-electron chi connectivity index (χ4n) is 4.11. The third kappa shape index (κ3) is 2.92. The van der Waals surface area contributed by atoms with Crippen LogP contribution < -0.4 is 9.64 Å². The standard InChI is InChI=1S/C20H21ClFNO3/c1-11-6-7-13-14(8-11)20(25)23(19(13)24)17-10-18(15(21)9-16(17)22)26-12-4-2-3-5-12/h9-12H,2-8H2,1H3. The Bertz CT molecular complexity index is 814. The van der Waals surface area contributed by atoms with E-state index in [1.54, 1.807) is 0 Å². The highest BCUT2D eigenvalue weighted by molar-refractivity contribution is 6.34. The number of carbonyl (C=O) groups excluding carboxylic acids is 2. The van der Waals surface area contributed by atoms with E-state index in [0.717, 1.165) is 43.1 Å². The minimum absolute atomic E-state index is 0.0444. The Labute approximate surface area is 156 Å². The fourth-order valence-corrected chi connectivity index (χ4v) is 4.31. The molecule has 0 N–H and O–H groups in total. The molecule has 1 heterocycles. The second-order valence-electron chi connectivity index (χ2n) is 7.51. The molecule has 0 radical (unpaired) electrons. The highest BCUT2D eigenvalue weighted by atomic mass is 35.5. The number of benzene rings is 1. The van der Waals surface area contributed by atoms with Crippen molar-refractivity contribution in [1.82, 2.24) is 0 Å². The van der Waals surface area contributed by atoms with E-state index in [0.29, 0.717) is 35.7 Å². The van der Waals surface area contributed by atoms with E-state index in [4.69, 9.17) is 16.3 Å². The summed E-state index contributed by atoms with van der Waals surface area (Å²) >= 11 is 6.14. The molecule has 1 atom stereocenters. The largest absolute Gasteiger partial charge is 0.489 e. The molecule has 0 saturated heterocycles. The number of ether oxygens (including phenoxy) is 1. The quantitative estimate of drug-likeness (QED) is 0.711. The number of hydrogen-bond donors (Lipinski definition) is 0. The molecule has 0 bridgehead atoms. The molecule has 1 unspecified atom stereocenters. The molecule has 6 heteroatoms. The molecular weight excluding hydrogens is 357 g/mol. The normalized spacial score (nSPS) is 23.8. The third-order valence-corrected chi connectivity index (χ3v) is 5.86. The smallest absolute Gasteiger partial charge is 0.261 e. The summed E-state index contributed by atoms with van der Waals surface area (Å²) in [6.07, 6.45) is 6.09. The van der Waals surface area contributed by atoms with Gasteiger partial charge in [0.25, 0.3) is 11.8 Å². The van der Waals surface area contributed by atoms with Crippen LogP contribution in [0.2, 0.25) is 5.02 Å². The van der Waals surface area contributed by atoms with Crippen LogP contribution in [0.15, 0.2) is 23.3 Å². The third-order valence-electron chi connectivity index (χ3n) is 5.56. The molecule has 0 spiro atoms. The molecule has 1 fully saturated rings. The van der Waals surface area contributed by atoms with E-state index < -0.39 is 17.6 Å². The lowest BCUT2D eigenvalue weighted by molar-refractivity contribution is -0.120. The summed E-state index contributed by atoms with van der Waals surface area (Å²) in [5.74, 6) is -0.839. The van der Waals surface area contributed by atoms with Crippen LogP contribution in [0.5, 0.6) is 5.75 Å². The van der Waals surface area contributed by atoms with E-state index in [2.05, 4.69) is 6.92 Å². The van der Waals surface area contributed by atoms with Gasteiger partial charge in [-0.2, -0.15) is 0 Å². The predicted octanol–water partition coefficient (Wildman–Crippen LogP) is 4.79. The van der Waals surface area contributed by atoms with Crippen LogP contribution in [-0.2, 0) is 9.59 Å². The summed E-state index contributed by atoms with van der Waals surface area (Å²) in [5, 5.41) is 0.156. The summed E-state index contributed by atoms with van der Waals surface area (Å²) < 4.78 is 20.5. The van der Waals surface area contributed by atoms with Crippen molar-refractivity contribution in [3.05, 3.63) is 34.1 Å². The minimum Gasteiger partial charge on any atom is -0.489 e. The van der Waals surface area contributed by atoms with Gasteiger partial charge in [-0.05, 0) is 56.9 Å². The first-order chi connectivity index (χ1) is 12.5. The van der Waals surface area contributed by atoms with Gasteiger partial charge in [0.1, 0.15) is 11.6 Å². The van der Waals surface area contributed by atoms with Crippen molar-refractivity contribution >= 4 is 29.1 Å². The van der Waals surface area contributed by atoms with Crippen LogP contribution in [0.4, 0.5) is 10.1 Å². The van der Waals surface area contributed by atoms with Crippen LogP contribution in [-0.4, -0.2) is 17.9 Å². The van der Waals surface area contributed by atoms with Crippen molar-refractivity contribution in [3.8, 4) is 5.75 Å². The average molecular weight is 378 g/mol. The number of carbonyl (C=O) groups is 2. The van der Waals surface area contributed by atoms with Gasteiger partial charge >= 0.3 is 0 Å². The van der Waals surface area contributed by atoms with E-state index in [9.17, 15) is 14.0 Å². The van der Waals surface area contributed by atoms with Crippen LogP contribution in [0.25, 0.3) is 0 Å². The molecule has 1 aromatic rings. The van der Waals surface area contributed by atoms with E-state index >= 15 is 0 Å². The highest BCUT2D eigenvalue weighted by Crippen LogP contribution is 2.41. The lowest BCUT2D eigenvalue weighted by Crippen LogP contribution is -2.32. The van der Waals surface area contributed by atoms with Crippen LogP contribution in [0.3, 0.4) is 0 Å². The van der Waals surface area contributed by atoms with Gasteiger partial charge in [0.05, 0.1) is 16.8 Å². The molecule has 26 heavy (non-hydrogen) atoms. The zero-order valence-corrected chi connectivity index (χ0v) is 15.4. The number of halogens is 2. The van der Waals surface area contributed by atoms with Crippen molar-refractivity contribution < 1.29 is 18.7 Å². The number of imide groups is 1. The van der Waals surface area contributed by atoms with Crippen molar-refractivity contribution in [2.24, 2.45) is 5.92 Å². The Balaban J connectivity index is 1.67. The summed E-state index contributed by atoms with van der Waals surface area (Å²) in [6.45, 7) is 2.06. The second-order valence-corrected chi connectivity index (χ2v) is 7.92. The second kappa shape index (κ2) is 6.69. The molecule has 1 aromatic carbocycles. The maximum atomic E-state index is 14.6. The molecule has 0 aromatic heterocycles. The summed E-state index contributed by atoms with van der Waals surface area (Å²) in [5.41, 5.74) is 0.988. The predicted molar refractivity (Wildman–Crippen MR) is 96.8 cm³/mol. The molecule has 2 aliphatic carbocycles. The Morgan fingerprint density at radius 1 is 1.12 bits per heavy atom. The molecule has 3 aliphatic rings. The van der Waals surface area contributed by atoms with Crippen molar-refractivity contribution in [2.45, 2.75) is 58.0 Å². The lowest BCUT2D eigenvalue weighted by atomic mass is 9.86. The molecule has 138 valence electrons. The summed E-state index contributed by atoms with van der Waals surface area (Å²) in [6, 6.07) is 2.52. The number of rotatable bonds is 3.